The van der Waals surface area contributed by atoms with Crippen molar-refractivity contribution in [3.05, 3.63) is 11.6 Å². The topological polar surface area (TPSA) is 26.3 Å². The lowest BCUT2D eigenvalue weighted by atomic mass is 9.98. The van der Waals surface area contributed by atoms with Gasteiger partial charge in [-0.05, 0) is 37.5 Å². The smallest absolute Gasteiger partial charge is 0.349 e. The highest BCUT2D eigenvalue weighted by molar-refractivity contribution is 6.40. The van der Waals surface area contributed by atoms with Crippen LogP contribution in [0.15, 0.2) is 11.6 Å². The van der Waals surface area contributed by atoms with Crippen molar-refractivity contribution in [3.8, 4) is 0 Å². The summed E-state index contributed by atoms with van der Waals surface area (Å²) in [5.41, 5.74) is 0. The molecule has 2 aliphatic rings. The molecule has 0 aliphatic heterocycles. The highest BCUT2D eigenvalue weighted by Gasteiger charge is 2.41. The van der Waals surface area contributed by atoms with Crippen LogP contribution in [0.3, 0.4) is 0 Å². The van der Waals surface area contributed by atoms with Crippen LogP contribution in [0.5, 0.6) is 0 Å². The fourth-order valence-electron chi connectivity index (χ4n) is 2.53. The molecule has 0 radical (unpaired) electrons. The van der Waals surface area contributed by atoms with Gasteiger partial charge in [0.25, 0.3) is 0 Å². The molecule has 2 bridgehead atoms. The minimum Gasteiger partial charge on any atom is -0.458 e. The maximum Gasteiger partial charge on any atom is 0.349 e. The van der Waals surface area contributed by atoms with E-state index in [0.29, 0.717) is 5.92 Å². The first-order chi connectivity index (χ1) is 6.16. The Kier molecular flexibility index (Phi) is 2.33. The van der Waals surface area contributed by atoms with Crippen LogP contribution >= 0.6 is 11.6 Å². The molecule has 0 amide bonds. The fraction of sp³-hybridized carbons (Fsp3) is 0.700. The minimum absolute atomic E-state index is 0.0113. The first-order valence-electron chi connectivity index (χ1n) is 4.72. The van der Waals surface area contributed by atoms with Crippen LogP contribution in [0, 0.1) is 11.8 Å². The zero-order chi connectivity index (χ0) is 9.42. The van der Waals surface area contributed by atoms with Crippen LogP contribution in [0.1, 0.15) is 25.7 Å². The first-order valence-corrected chi connectivity index (χ1v) is 5.10. The van der Waals surface area contributed by atoms with Crippen LogP contribution in [0.4, 0.5) is 0 Å². The van der Waals surface area contributed by atoms with E-state index in [1.54, 1.807) is 0 Å². The molecule has 0 spiro atoms. The largest absolute Gasteiger partial charge is 0.458 e. The van der Waals surface area contributed by atoms with E-state index < -0.39 is 5.97 Å². The van der Waals surface area contributed by atoms with Crippen molar-refractivity contribution < 1.29 is 9.53 Å². The molecule has 3 unspecified atom stereocenters. The third-order valence-electron chi connectivity index (χ3n) is 3.15. The Hall–Kier alpha value is -0.500. The van der Waals surface area contributed by atoms with E-state index in [9.17, 15) is 4.79 Å². The van der Waals surface area contributed by atoms with E-state index in [2.05, 4.69) is 6.58 Å². The maximum absolute atomic E-state index is 11.1. The molecule has 2 rings (SSSR count). The quantitative estimate of drug-likeness (QED) is 0.506. The van der Waals surface area contributed by atoms with Gasteiger partial charge in [-0.15, -0.1) is 0 Å². The summed E-state index contributed by atoms with van der Waals surface area (Å²) in [4.78, 5) is 11.1. The van der Waals surface area contributed by atoms with Crippen molar-refractivity contribution in [2.24, 2.45) is 11.8 Å². The molecule has 2 nitrogen and oxygen atoms in total. The molecule has 0 saturated heterocycles. The molecule has 2 fully saturated rings. The number of hydrogen-bond acceptors (Lipinski definition) is 2. The van der Waals surface area contributed by atoms with Gasteiger partial charge < -0.3 is 4.74 Å². The SMILES string of the molecule is C=C(Cl)C(=O)OC1CC2CCC1C2. The van der Waals surface area contributed by atoms with Gasteiger partial charge in [-0.3, -0.25) is 0 Å². The second-order valence-corrected chi connectivity index (χ2v) is 4.48. The van der Waals surface area contributed by atoms with E-state index in [4.69, 9.17) is 16.3 Å². The number of ether oxygens (including phenoxy) is 1. The highest BCUT2D eigenvalue weighted by atomic mass is 35.5. The summed E-state index contributed by atoms with van der Waals surface area (Å²) in [6.07, 6.45) is 4.88. The van der Waals surface area contributed by atoms with E-state index in [1.165, 1.54) is 19.3 Å². The summed E-state index contributed by atoms with van der Waals surface area (Å²) in [6, 6.07) is 0. The summed E-state index contributed by atoms with van der Waals surface area (Å²) in [7, 11) is 0. The van der Waals surface area contributed by atoms with E-state index in [1.807, 2.05) is 0 Å². The predicted octanol–water partition coefficient (Wildman–Crippen LogP) is 2.47. The van der Waals surface area contributed by atoms with Gasteiger partial charge in [-0.2, -0.15) is 0 Å². The highest BCUT2D eigenvalue weighted by Crippen LogP contribution is 2.46. The molecule has 0 heterocycles. The minimum atomic E-state index is -0.445. The third kappa shape index (κ3) is 1.73. The van der Waals surface area contributed by atoms with Crippen LogP contribution in [0.2, 0.25) is 0 Å². The summed E-state index contributed by atoms with van der Waals surface area (Å²) < 4.78 is 5.24. The number of esters is 1. The standard InChI is InChI=1S/C10H13ClO2/c1-6(11)10(12)13-9-5-7-2-3-8(9)4-7/h7-9H,1-5H2. The average molecular weight is 201 g/mol. The Bertz CT molecular complexity index is 249. The number of halogens is 1. The summed E-state index contributed by atoms with van der Waals surface area (Å²) in [5.74, 6) is 0.926. The van der Waals surface area contributed by atoms with Gasteiger partial charge in [0, 0.05) is 0 Å². The monoisotopic (exact) mass is 200 g/mol. The lowest BCUT2D eigenvalue weighted by Gasteiger charge is -2.21. The molecule has 2 saturated carbocycles. The second kappa shape index (κ2) is 3.33. The van der Waals surface area contributed by atoms with Crippen LogP contribution in [0.25, 0.3) is 0 Å². The van der Waals surface area contributed by atoms with Crippen LogP contribution in [-0.2, 0) is 9.53 Å². The molecular weight excluding hydrogens is 188 g/mol. The normalized spacial score (nSPS) is 36.2. The lowest BCUT2D eigenvalue weighted by molar-refractivity contribution is -0.145. The number of carbonyl (C=O) groups excluding carboxylic acids is 1. The Labute approximate surface area is 82.9 Å². The summed E-state index contributed by atoms with van der Waals surface area (Å²) in [6.45, 7) is 3.35. The number of hydrogen-bond donors (Lipinski definition) is 0. The van der Waals surface area contributed by atoms with Gasteiger partial charge in [-0.25, -0.2) is 4.79 Å². The zero-order valence-electron chi connectivity index (χ0n) is 7.46. The van der Waals surface area contributed by atoms with Gasteiger partial charge in [0.1, 0.15) is 11.1 Å². The van der Waals surface area contributed by atoms with E-state index >= 15 is 0 Å². The number of carbonyl (C=O) groups is 1. The van der Waals surface area contributed by atoms with Crippen molar-refractivity contribution in [3.63, 3.8) is 0 Å². The van der Waals surface area contributed by atoms with Crippen molar-refractivity contribution in [2.45, 2.75) is 31.8 Å². The molecular formula is C10H13ClO2. The molecule has 3 heteroatoms. The van der Waals surface area contributed by atoms with Gasteiger partial charge in [-0.1, -0.05) is 18.2 Å². The van der Waals surface area contributed by atoms with Gasteiger partial charge in [0.2, 0.25) is 0 Å². The lowest BCUT2D eigenvalue weighted by Crippen LogP contribution is -2.23. The van der Waals surface area contributed by atoms with Crippen LogP contribution < -0.4 is 0 Å². The van der Waals surface area contributed by atoms with Crippen molar-refractivity contribution in [1.82, 2.24) is 0 Å². The van der Waals surface area contributed by atoms with Gasteiger partial charge in [0.05, 0.1) is 0 Å². The fourth-order valence-corrected chi connectivity index (χ4v) is 2.58. The summed E-state index contributed by atoms with van der Waals surface area (Å²) in [5, 5.41) is -0.0113. The van der Waals surface area contributed by atoms with Crippen molar-refractivity contribution >= 4 is 17.6 Å². The van der Waals surface area contributed by atoms with Crippen molar-refractivity contribution in [1.29, 1.82) is 0 Å². The molecule has 72 valence electrons. The molecule has 0 aromatic carbocycles. The van der Waals surface area contributed by atoms with Gasteiger partial charge >= 0.3 is 5.97 Å². The van der Waals surface area contributed by atoms with Crippen molar-refractivity contribution in [2.75, 3.05) is 0 Å². The molecule has 0 aromatic heterocycles. The average Bonchev–Trinajstić information content (AvgIpc) is 2.64. The number of rotatable bonds is 2. The Morgan fingerprint density at radius 1 is 1.38 bits per heavy atom. The summed E-state index contributed by atoms with van der Waals surface area (Å²) >= 11 is 5.44. The Balaban J connectivity index is 1.90. The Morgan fingerprint density at radius 2 is 2.15 bits per heavy atom. The molecule has 0 N–H and O–H groups in total. The van der Waals surface area contributed by atoms with E-state index in [0.717, 1.165) is 12.3 Å². The maximum atomic E-state index is 11.1. The van der Waals surface area contributed by atoms with Gasteiger partial charge in [0.15, 0.2) is 0 Å². The molecule has 0 aromatic rings. The Morgan fingerprint density at radius 3 is 2.62 bits per heavy atom. The first kappa shape index (κ1) is 9.07. The number of fused-ring (bicyclic) bond motifs is 2. The predicted molar refractivity (Wildman–Crippen MR) is 50.3 cm³/mol. The zero-order valence-corrected chi connectivity index (χ0v) is 8.22. The second-order valence-electron chi connectivity index (χ2n) is 4.02. The third-order valence-corrected chi connectivity index (χ3v) is 3.31. The van der Waals surface area contributed by atoms with Crippen LogP contribution in [-0.4, -0.2) is 12.1 Å². The molecule has 2 aliphatic carbocycles. The van der Waals surface area contributed by atoms with E-state index in [-0.39, 0.29) is 11.1 Å². The molecule has 3 atom stereocenters. The molecule has 13 heavy (non-hydrogen) atoms.